The van der Waals surface area contributed by atoms with Crippen LogP contribution < -0.4 is 10.6 Å². The van der Waals surface area contributed by atoms with Gasteiger partial charge >= 0.3 is 0 Å². The topological polar surface area (TPSA) is 82.9 Å². The smallest absolute Gasteiger partial charge is 0.240 e. The fourth-order valence-corrected chi connectivity index (χ4v) is 2.66. The van der Waals surface area contributed by atoms with E-state index < -0.39 is 5.25 Å². The molecule has 1 saturated heterocycles. The number of rotatable bonds is 5. The van der Waals surface area contributed by atoms with Gasteiger partial charge in [-0.1, -0.05) is 25.6 Å². The number of benzene rings is 1. The first-order valence-corrected chi connectivity index (χ1v) is 8.38. The van der Waals surface area contributed by atoms with Crippen LogP contribution in [0.4, 0.5) is 10.1 Å². The van der Waals surface area contributed by atoms with Gasteiger partial charge in [-0.25, -0.2) is 4.39 Å². The van der Waals surface area contributed by atoms with Crippen molar-refractivity contribution in [3.63, 3.8) is 0 Å². The molecule has 128 valence electrons. The van der Waals surface area contributed by atoms with Crippen molar-refractivity contribution in [3.05, 3.63) is 30.1 Å². The number of nitrogens with zero attached hydrogens (tertiary/aromatic N) is 2. The van der Waals surface area contributed by atoms with Gasteiger partial charge in [0.15, 0.2) is 5.17 Å². The lowest BCUT2D eigenvalue weighted by Crippen LogP contribution is -2.28. The summed E-state index contributed by atoms with van der Waals surface area (Å²) in [5.41, 5.74) is 1.34. The number of carbonyl (C=O) groups is 2. The average molecular weight is 350 g/mol. The summed E-state index contributed by atoms with van der Waals surface area (Å²) in [4.78, 5) is 23.9. The van der Waals surface area contributed by atoms with E-state index in [-0.39, 0.29) is 30.0 Å². The predicted molar refractivity (Wildman–Crippen MR) is 94.6 cm³/mol. The van der Waals surface area contributed by atoms with Gasteiger partial charge in [-0.2, -0.15) is 5.10 Å². The van der Waals surface area contributed by atoms with Crippen molar-refractivity contribution >= 4 is 40.1 Å². The lowest BCUT2D eigenvalue weighted by Gasteiger charge is -2.07. The molecule has 1 aromatic rings. The molecular weight excluding hydrogens is 331 g/mol. The molecule has 2 amide bonds. The molecule has 1 atom stereocenters. The van der Waals surface area contributed by atoms with Gasteiger partial charge in [0.1, 0.15) is 11.1 Å². The highest BCUT2D eigenvalue weighted by atomic mass is 32.2. The number of anilines is 1. The third kappa shape index (κ3) is 5.16. The average Bonchev–Trinajstić information content (AvgIpc) is 2.87. The van der Waals surface area contributed by atoms with Crippen molar-refractivity contribution in [1.29, 1.82) is 0 Å². The van der Waals surface area contributed by atoms with Crippen LogP contribution in [0.2, 0.25) is 0 Å². The van der Waals surface area contributed by atoms with Gasteiger partial charge in [0, 0.05) is 17.8 Å². The van der Waals surface area contributed by atoms with Crippen LogP contribution in [0.1, 0.15) is 27.2 Å². The number of amidine groups is 1. The maximum atomic E-state index is 12.8. The van der Waals surface area contributed by atoms with E-state index >= 15 is 0 Å². The van der Waals surface area contributed by atoms with Gasteiger partial charge in [-0.05, 0) is 37.1 Å². The molecule has 0 aromatic heterocycles. The number of thioether (sulfide) groups is 1. The Morgan fingerprint density at radius 2 is 2.04 bits per heavy atom. The summed E-state index contributed by atoms with van der Waals surface area (Å²) in [6.45, 7) is 5.87. The molecule has 1 aliphatic rings. The molecule has 1 aliphatic heterocycles. The van der Waals surface area contributed by atoms with Crippen LogP contribution in [-0.2, 0) is 9.59 Å². The Morgan fingerprint density at radius 1 is 1.38 bits per heavy atom. The lowest BCUT2D eigenvalue weighted by molar-refractivity contribution is -0.122. The van der Waals surface area contributed by atoms with Crippen molar-refractivity contribution in [3.8, 4) is 0 Å². The number of hydrogen-bond donors (Lipinski definition) is 2. The van der Waals surface area contributed by atoms with E-state index in [0.29, 0.717) is 10.9 Å². The highest BCUT2D eigenvalue weighted by Gasteiger charge is 2.32. The molecule has 24 heavy (non-hydrogen) atoms. The highest BCUT2D eigenvalue weighted by Crippen LogP contribution is 2.23. The van der Waals surface area contributed by atoms with Crippen molar-refractivity contribution in [2.75, 3.05) is 5.32 Å². The largest absolute Gasteiger partial charge is 0.326 e. The molecule has 0 radical (unpaired) electrons. The second-order valence-electron chi connectivity index (χ2n) is 5.66. The minimum atomic E-state index is -0.557. The summed E-state index contributed by atoms with van der Waals surface area (Å²) < 4.78 is 12.8. The van der Waals surface area contributed by atoms with Gasteiger partial charge in [-0.3, -0.25) is 9.59 Å². The van der Waals surface area contributed by atoms with E-state index in [0.717, 1.165) is 5.71 Å². The zero-order valence-electron chi connectivity index (χ0n) is 13.7. The molecule has 0 unspecified atom stereocenters. The monoisotopic (exact) mass is 350 g/mol. The first kappa shape index (κ1) is 18.1. The Morgan fingerprint density at radius 3 is 2.67 bits per heavy atom. The molecule has 0 spiro atoms. The summed E-state index contributed by atoms with van der Waals surface area (Å²) in [6, 6.07) is 5.44. The van der Waals surface area contributed by atoms with Crippen molar-refractivity contribution in [2.24, 2.45) is 16.1 Å². The molecule has 2 N–H and O–H groups in total. The Labute approximate surface area is 144 Å². The summed E-state index contributed by atoms with van der Waals surface area (Å²) in [5, 5.41) is 13.1. The number of carbonyl (C=O) groups excluding carboxylic acids is 2. The number of halogens is 1. The molecule has 0 saturated carbocycles. The van der Waals surface area contributed by atoms with E-state index in [2.05, 4.69) is 20.8 Å². The van der Waals surface area contributed by atoms with E-state index in [1.165, 1.54) is 36.0 Å². The minimum Gasteiger partial charge on any atom is -0.326 e. The van der Waals surface area contributed by atoms with Gasteiger partial charge in [0.2, 0.25) is 11.8 Å². The number of amides is 2. The van der Waals surface area contributed by atoms with Crippen LogP contribution in [0, 0.1) is 11.7 Å². The van der Waals surface area contributed by atoms with Crippen LogP contribution in [0.5, 0.6) is 0 Å². The van der Waals surface area contributed by atoms with E-state index in [9.17, 15) is 14.0 Å². The molecule has 8 heteroatoms. The predicted octanol–water partition coefficient (Wildman–Crippen LogP) is 2.77. The Kier molecular flexibility index (Phi) is 6.08. The van der Waals surface area contributed by atoms with Gasteiger partial charge in [-0.15, -0.1) is 5.10 Å². The molecule has 0 bridgehead atoms. The molecule has 1 heterocycles. The Balaban J connectivity index is 1.92. The second kappa shape index (κ2) is 8.05. The Hall–Kier alpha value is -2.22. The van der Waals surface area contributed by atoms with Crippen LogP contribution in [0.3, 0.4) is 0 Å². The van der Waals surface area contributed by atoms with E-state index in [1.54, 1.807) is 0 Å². The zero-order chi connectivity index (χ0) is 17.7. The summed E-state index contributed by atoms with van der Waals surface area (Å²) in [6.07, 6.45) is -0.000225. The molecule has 1 fully saturated rings. The van der Waals surface area contributed by atoms with Crippen molar-refractivity contribution in [2.45, 2.75) is 32.4 Å². The maximum Gasteiger partial charge on any atom is 0.240 e. The fraction of sp³-hybridized carbons (Fsp3) is 0.375. The van der Waals surface area contributed by atoms with Crippen molar-refractivity contribution < 1.29 is 14.0 Å². The summed E-state index contributed by atoms with van der Waals surface area (Å²) in [5.74, 6) is -0.701. The van der Waals surface area contributed by atoms with Crippen molar-refractivity contribution in [1.82, 2.24) is 5.32 Å². The van der Waals surface area contributed by atoms with Crippen LogP contribution in [0.25, 0.3) is 0 Å². The normalized spacial score (nSPS) is 19.7. The second-order valence-corrected chi connectivity index (χ2v) is 6.85. The van der Waals surface area contributed by atoms with E-state index in [4.69, 9.17) is 0 Å². The standard InChI is InChI=1S/C16H19FN4O2S/c1-9(2)10(3)20-21-16-19-15(23)13(24-16)8-14(22)18-12-6-4-11(17)5-7-12/h4-7,9,13H,8H2,1-3H3,(H,18,22)(H,19,21,23)/b20-10-/t13-/m1/s1. The van der Waals surface area contributed by atoms with Crippen LogP contribution in [-0.4, -0.2) is 27.9 Å². The third-order valence-electron chi connectivity index (χ3n) is 3.41. The molecule has 6 nitrogen and oxygen atoms in total. The van der Waals surface area contributed by atoms with Crippen LogP contribution in [0.15, 0.2) is 34.5 Å². The Bertz CT molecular complexity index is 686. The fourth-order valence-electron chi connectivity index (χ4n) is 1.74. The van der Waals surface area contributed by atoms with E-state index in [1.807, 2.05) is 20.8 Å². The third-order valence-corrected chi connectivity index (χ3v) is 4.48. The summed E-state index contributed by atoms with van der Waals surface area (Å²) >= 11 is 1.18. The lowest BCUT2D eigenvalue weighted by atomic mass is 10.1. The first-order valence-electron chi connectivity index (χ1n) is 7.50. The maximum absolute atomic E-state index is 12.8. The molecule has 2 rings (SSSR count). The number of nitrogens with one attached hydrogen (secondary N) is 2. The highest BCUT2D eigenvalue weighted by molar-refractivity contribution is 8.15. The first-order chi connectivity index (χ1) is 11.3. The molecule has 0 aliphatic carbocycles. The van der Waals surface area contributed by atoms with Gasteiger partial charge in [0.25, 0.3) is 0 Å². The number of hydrogen-bond acceptors (Lipinski definition) is 5. The zero-order valence-corrected chi connectivity index (χ0v) is 14.5. The van der Waals surface area contributed by atoms with Gasteiger partial charge in [0.05, 0.1) is 0 Å². The SMILES string of the molecule is C/C(=N/N=C1\NC(=O)[C@@H](CC(=O)Nc2ccc(F)cc2)S1)C(C)C. The molecular formula is C16H19FN4O2S. The quantitative estimate of drug-likeness (QED) is 0.633. The van der Waals surface area contributed by atoms with Crippen LogP contribution >= 0.6 is 11.8 Å². The summed E-state index contributed by atoms with van der Waals surface area (Å²) in [7, 11) is 0. The minimum absolute atomic E-state index is 0.000225. The molecule has 1 aromatic carbocycles. The van der Waals surface area contributed by atoms with Gasteiger partial charge < -0.3 is 10.6 Å².